The van der Waals surface area contributed by atoms with Crippen LogP contribution in [0.25, 0.3) is 0 Å². The monoisotopic (exact) mass is 259 g/mol. The van der Waals surface area contributed by atoms with Gasteiger partial charge in [-0.25, -0.2) is 9.65 Å². The second-order valence-corrected chi connectivity index (χ2v) is 5.62. The fraction of sp³-hybridized carbons (Fsp3) is 0.455. The van der Waals surface area contributed by atoms with Crippen molar-refractivity contribution in [1.82, 2.24) is 5.09 Å². The number of hydrogen-bond acceptors (Lipinski definition) is 4. The van der Waals surface area contributed by atoms with E-state index >= 15 is 0 Å². The molecule has 0 saturated heterocycles. The van der Waals surface area contributed by atoms with Crippen LogP contribution in [-0.4, -0.2) is 25.4 Å². The Morgan fingerprint density at radius 1 is 1.24 bits per heavy atom. The molecule has 96 valence electrons. The third kappa shape index (κ3) is 3.91. The van der Waals surface area contributed by atoms with E-state index in [1.165, 1.54) is 14.2 Å². The molecule has 1 rings (SSSR count). The summed E-state index contributed by atoms with van der Waals surface area (Å²) < 4.78 is 21.3. The second kappa shape index (κ2) is 6.28. The predicted molar refractivity (Wildman–Crippen MR) is 65.6 cm³/mol. The zero-order valence-corrected chi connectivity index (χ0v) is 11.1. The lowest BCUT2D eigenvalue weighted by Crippen LogP contribution is -2.30. The van der Waals surface area contributed by atoms with Crippen LogP contribution in [-0.2, 0) is 13.6 Å². The lowest BCUT2D eigenvalue weighted by molar-refractivity contribution is 0.138. The van der Waals surface area contributed by atoms with Crippen molar-refractivity contribution >= 4 is 7.75 Å². The van der Waals surface area contributed by atoms with Gasteiger partial charge in [0.15, 0.2) is 0 Å². The van der Waals surface area contributed by atoms with Gasteiger partial charge in [-0.1, -0.05) is 30.3 Å². The van der Waals surface area contributed by atoms with Crippen LogP contribution in [0.3, 0.4) is 0 Å². The number of rotatable bonds is 6. The molecule has 6 heteroatoms. The molecular formula is C11H18NO4P. The quantitative estimate of drug-likeness (QED) is 0.766. The van der Waals surface area contributed by atoms with Crippen molar-refractivity contribution < 1.29 is 18.7 Å². The number of hydrogen-bond donors (Lipinski definition) is 2. The van der Waals surface area contributed by atoms with Crippen molar-refractivity contribution in [2.75, 3.05) is 14.2 Å². The molecule has 0 saturated carbocycles. The van der Waals surface area contributed by atoms with E-state index < -0.39 is 19.9 Å². The average Bonchev–Trinajstić information content (AvgIpc) is 2.38. The van der Waals surface area contributed by atoms with Gasteiger partial charge in [-0.05, 0) is 12.5 Å². The van der Waals surface area contributed by atoms with Crippen molar-refractivity contribution in [3.8, 4) is 0 Å². The molecule has 0 bridgehead atoms. The molecule has 17 heavy (non-hydrogen) atoms. The van der Waals surface area contributed by atoms with Gasteiger partial charge < -0.3 is 14.2 Å². The highest BCUT2D eigenvalue weighted by atomic mass is 31.2. The smallest absolute Gasteiger partial charge is 0.387 e. The van der Waals surface area contributed by atoms with Crippen molar-refractivity contribution in [3.05, 3.63) is 35.9 Å². The van der Waals surface area contributed by atoms with Crippen molar-refractivity contribution in [2.24, 2.45) is 0 Å². The van der Waals surface area contributed by atoms with Crippen molar-refractivity contribution in [3.63, 3.8) is 0 Å². The van der Waals surface area contributed by atoms with Crippen LogP contribution in [0.5, 0.6) is 0 Å². The Morgan fingerprint density at radius 2 is 1.76 bits per heavy atom. The third-order valence-corrected chi connectivity index (χ3v) is 4.14. The minimum absolute atomic E-state index is 0.455. The van der Waals surface area contributed by atoms with E-state index in [-0.39, 0.29) is 0 Å². The summed E-state index contributed by atoms with van der Waals surface area (Å²) >= 11 is 0. The Morgan fingerprint density at radius 3 is 2.24 bits per heavy atom. The molecule has 0 aliphatic carbocycles. The molecule has 0 spiro atoms. The first-order valence-electron chi connectivity index (χ1n) is 5.24. The number of nitrogens with one attached hydrogen (secondary N) is 1. The minimum atomic E-state index is -3.32. The molecule has 2 atom stereocenters. The maximum atomic E-state index is 11.8. The summed E-state index contributed by atoms with van der Waals surface area (Å²) in [5.41, 5.74) is 0.742. The molecule has 0 fully saturated rings. The van der Waals surface area contributed by atoms with Gasteiger partial charge in [0.1, 0.15) is 0 Å². The first-order chi connectivity index (χ1) is 8.02. The molecule has 5 nitrogen and oxygen atoms in total. The lowest BCUT2D eigenvalue weighted by Gasteiger charge is -2.24. The molecular weight excluding hydrogens is 241 g/mol. The largest absolute Gasteiger partial charge is 0.405 e. The van der Waals surface area contributed by atoms with E-state index in [9.17, 15) is 9.67 Å². The van der Waals surface area contributed by atoms with E-state index in [0.29, 0.717) is 0 Å². The summed E-state index contributed by atoms with van der Waals surface area (Å²) in [6.07, 6.45) is -0.783. The molecule has 1 aromatic rings. The summed E-state index contributed by atoms with van der Waals surface area (Å²) in [5, 5.41) is 12.7. The fourth-order valence-corrected chi connectivity index (χ4v) is 2.44. The molecule has 0 aromatic heterocycles. The van der Waals surface area contributed by atoms with Gasteiger partial charge >= 0.3 is 7.75 Å². The highest BCUT2D eigenvalue weighted by Crippen LogP contribution is 2.43. The predicted octanol–water partition coefficient (Wildman–Crippen LogP) is 2.10. The van der Waals surface area contributed by atoms with Crippen LogP contribution in [0.1, 0.15) is 18.6 Å². The maximum absolute atomic E-state index is 11.8. The second-order valence-electron chi connectivity index (χ2n) is 3.64. The van der Waals surface area contributed by atoms with E-state index in [1.54, 1.807) is 19.1 Å². The molecule has 0 heterocycles. The van der Waals surface area contributed by atoms with E-state index in [1.807, 2.05) is 18.2 Å². The molecule has 0 aliphatic rings. The number of aliphatic hydroxyl groups is 1. The van der Waals surface area contributed by atoms with E-state index in [0.717, 1.165) is 5.56 Å². The standard InChI is InChI=1S/C11H18NO4P/c1-9(12-17(14,15-2)16-3)11(13)10-7-5-4-6-8-10/h4-9,11,13H,1-3H3,(H,12,14)/t9-,11-/m1/s1. The molecule has 0 radical (unpaired) electrons. The lowest BCUT2D eigenvalue weighted by atomic mass is 10.0. The van der Waals surface area contributed by atoms with Crippen LogP contribution >= 0.6 is 7.75 Å². The zero-order valence-electron chi connectivity index (χ0n) is 10.2. The number of aliphatic hydroxyl groups excluding tert-OH is 1. The van der Waals surface area contributed by atoms with E-state index in [4.69, 9.17) is 9.05 Å². The highest BCUT2D eigenvalue weighted by molar-refractivity contribution is 7.51. The first-order valence-corrected chi connectivity index (χ1v) is 6.79. The molecule has 0 amide bonds. The van der Waals surface area contributed by atoms with Crippen LogP contribution in [0.15, 0.2) is 30.3 Å². The van der Waals surface area contributed by atoms with Gasteiger partial charge in [0.2, 0.25) is 0 Å². The van der Waals surface area contributed by atoms with Gasteiger partial charge in [0, 0.05) is 20.3 Å². The van der Waals surface area contributed by atoms with Crippen LogP contribution in [0, 0.1) is 0 Å². The zero-order chi connectivity index (χ0) is 12.9. The first kappa shape index (κ1) is 14.4. The topological polar surface area (TPSA) is 67.8 Å². The van der Waals surface area contributed by atoms with Gasteiger partial charge in [0.05, 0.1) is 6.10 Å². The highest BCUT2D eigenvalue weighted by Gasteiger charge is 2.27. The van der Waals surface area contributed by atoms with Gasteiger partial charge in [-0.15, -0.1) is 0 Å². The SMILES string of the molecule is COP(=O)(N[C@H](C)[C@@H](O)c1ccccc1)OC. The number of benzene rings is 1. The summed E-state index contributed by atoms with van der Waals surface area (Å²) in [7, 11) is -0.740. The molecule has 1 aromatic carbocycles. The van der Waals surface area contributed by atoms with Gasteiger partial charge in [0.25, 0.3) is 0 Å². The Balaban J connectivity index is 2.71. The summed E-state index contributed by atoms with van der Waals surface area (Å²) in [6.45, 7) is 1.71. The molecule has 0 unspecified atom stereocenters. The van der Waals surface area contributed by atoms with Gasteiger partial charge in [-0.3, -0.25) is 0 Å². The molecule has 2 N–H and O–H groups in total. The third-order valence-electron chi connectivity index (χ3n) is 2.46. The summed E-state index contributed by atoms with van der Waals surface area (Å²) in [4.78, 5) is 0. The summed E-state index contributed by atoms with van der Waals surface area (Å²) in [5.74, 6) is 0. The van der Waals surface area contributed by atoms with Crippen molar-refractivity contribution in [2.45, 2.75) is 19.1 Å². The van der Waals surface area contributed by atoms with Gasteiger partial charge in [-0.2, -0.15) is 0 Å². The van der Waals surface area contributed by atoms with Crippen LogP contribution in [0.2, 0.25) is 0 Å². The Hall–Kier alpha value is -0.710. The van der Waals surface area contributed by atoms with Crippen LogP contribution in [0.4, 0.5) is 0 Å². The fourth-order valence-electron chi connectivity index (χ4n) is 1.44. The Labute approximate surface area is 101 Å². The van der Waals surface area contributed by atoms with Crippen molar-refractivity contribution in [1.29, 1.82) is 0 Å². The average molecular weight is 259 g/mol. The normalized spacial score (nSPS) is 15.5. The summed E-state index contributed by atoms with van der Waals surface area (Å²) in [6, 6.07) is 8.67. The Kier molecular flexibility index (Phi) is 5.31. The molecule has 0 aliphatic heterocycles. The Bertz CT molecular complexity index is 376. The van der Waals surface area contributed by atoms with E-state index in [2.05, 4.69) is 5.09 Å². The maximum Gasteiger partial charge on any atom is 0.405 e. The van der Waals surface area contributed by atoms with Crippen LogP contribution < -0.4 is 5.09 Å². The minimum Gasteiger partial charge on any atom is -0.387 e.